The van der Waals surface area contributed by atoms with Gasteiger partial charge in [0.2, 0.25) is 0 Å². The van der Waals surface area contributed by atoms with E-state index in [-0.39, 0.29) is 5.82 Å². The van der Waals surface area contributed by atoms with Crippen LogP contribution in [-0.4, -0.2) is 7.05 Å². The van der Waals surface area contributed by atoms with Crippen molar-refractivity contribution >= 4 is 38.9 Å². The van der Waals surface area contributed by atoms with E-state index >= 15 is 0 Å². The molecule has 0 amide bonds. The minimum absolute atomic E-state index is 0.310. The third kappa shape index (κ3) is 3.39. The van der Waals surface area contributed by atoms with E-state index < -0.39 is 0 Å². The van der Waals surface area contributed by atoms with Gasteiger partial charge in [0.05, 0.1) is 11.4 Å². The van der Waals surface area contributed by atoms with Crippen LogP contribution in [0.5, 0.6) is 0 Å². The Kier molecular flexibility index (Phi) is 4.32. The second kappa shape index (κ2) is 5.80. The van der Waals surface area contributed by atoms with Crippen LogP contribution in [-0.2, 0) is 6.54 Å². The summed E-state index contributed by atoms with van der Waals surface area (Å²) in [5.74, 6) is -0.310. The Balaban J connectivity index is 2.23. The van der Waals surface area contributed by atoms with Gasteiger partial charge in [-0.25, -0.2) is 4.39 Å². The molecule has 0 saturated carbocycles. The fourth-order valence-corrected chi connectivity index (χ4v) is 2.40. The van der Waals surface area contributed by atoms with Crippen LogP contribution in [0.15, 0.2) is 40.9 Å². The molecular formula is C14H13BrClFN2. The van der Waals surface area contributed by atoms with Crippen molar-refractivity contribution in [2.75, 3.05) is 17.7 Å². The summed E-state index contributed by atoms with van der Waals surface area (Å²) in [6.07, 6.45) is 0. The van der Waals surface area contributed by atoms with Gasteiger partial charge in [-0.15, -0.1) is 0 Å². The van der Waals surface area contributed by atoms with Crippen LogP contribution in [0.2, 0.25) is 5.02 Å². The summed E-state index contributed by atoms with van der Waals surface area (Å²) < 4.78 is 14.7. The van der Waals surface area contributed by atoms with Crippen molar-refractivity contribution in [3.05, 3.63) is 57.3 Å². The molecule has 100 valence electrons. The Morgan fingerprint density at radius 3 is 2.63 bits per heavy atom. The highest BCUT2D eigenvalue weighted by atomic mass is 79.9. The monoisotopic (exact) mass is 342 g/mol. The zero-order valence-corrected chi connectivity index (χ0v) is 12.7. The molecule has 0 aliphatic carbocycles. The molecule has 0 radical (unpaired) electrons. The molecule has 5 heteroatoms. The molecule has 19 heavy (non-hydrogen) atoms. The molecule has 0 heterocycles. The van der Waals surface area contributed by atoms with Crippen molar-refractivity contribution in [3.63, 3.8) is 0 Å². The largest absolute Gasteiger partial charge is 0.397 e. The molecule has 2 N–H and O–H groups in total. The molecule has 0 unspecified atom stereocenters. The van der Waals surface area contributed by atoms with Gasteiger partial charge in [0.1, 0.15) is 5.82 Å². The molecule has 0 saturated heterocycles. The van der Waals surface area contributed by atoms with Crippen LogP contribution in [0.3, 0.4) is 0 Å². The number of hydrogen-bond donors (Lipinski definition) is 1. The highest BCUT2D eigenvalue weighted by Gasteiger charge is 2.09. The quantitative estimate of drug-likeness (QED) is 0.834. The summed E-state index contributed by atoms with van der Waals surface area (Å²) in [7, 11) is 1.87. The van der Waals surface area contributed by atoms with Gasteiger partial charge >= 0.3 is 0 Å². The summed E-state index contributed by atoms with van der Waals surface area (Å²) in [6, 6.07) is 10.3. The predicted molar refractivity (Wildman–Crippen MR) is 82.1 cm³/mol. The number of halogens is 3. The maximum atomic E-state index is 13.7. The number of anilines is 2. The van der Waals surface area contributed by atoms with E-state index in [0.717, 1.165) is 10.2 Å². The van der Waals surface area contributed by atoms with Crippen LogP contribution in [0.4, 0.5) is 15.8 Å². The lowest BCUT2D eigenvalue weighted by Crippen LogP contribution is -2.18. The van der Waals surface area contributed by atoms with E-state index in [0.29, 0.717) is 22.8 Å². The lowest BCUT2D eigenvalue weighted by molar-refractivity contribution is 0.608. The van der Waals surface area contributed by atoms with Gasteiger partial charge in [-0.05, 0) is 30.3 Å². The molecule has 2 aromatic rings. The van der Waals surface area contributed by atoms with Crippen molar-refractivity contribution in [3.8, 4) is 0 Å². The summed E-state index contributed by atoms with van der Waals surface area (Å²) in [5, 5.41) is 0.395. The van der Waals surface area contributed by atoms with Crippen LogP contribution >= 0.6 is 27.5 Å². The maximum Gasteiger partial charge on any atom is 0.129 e. The Hall–Kier alpha value is -1.26. The molecule has 0 aromatic heterocycles. The van der Waals surface area contributed by atoms with Crippen LogP contribution in [0, 0.1) is 5.82 Å². The minimum Gasteiger partial charge on any atom is -0.397 e. The van der Waals surface area contributed by atoms with Crippen molar-refractivity contribution in [1.82, 2.24) is 0 Å². The highest BCUT2D eigenvalue weighted by Crippen LogP contribution is 2.27. The molecule has 0 spiro atoms. The normalized spacial score (nSPS) is 10.5. The molecule has 0 atom stereocenters. The van der Waals surface area contributed by atoms with Gasteiger partial charge < -0.3 is 10.6 Å². The first-order valence-corrected chi connectivity index (χ1v) is 6.84. The SMILES string of the molecule is CN(Cc1ccc(Cl)cc1F)c1ccc(Br)cc1N. The Morgan fingerprint density at radius 1 is 1.26 bits per heavy atom. The fraction of sp³-hybridized carbons (Fsp3) is 0.143. The number of nitrogen functional groups attached to an aromatic ring is 1. The second-order valence-electron chi connectivity index (χ2n) is 4.29. The Bertz CT molecular complexity index is 604. The lowest BCUT2D eigenvalue weighted by atomic mass is 10.2. The first kappa shape index (κ1) is 14.2. The molecule has 0 aliphatic heterocycles. The lowest BCUT2D eigenvalue weighted by Gasteiger charge is -2.21. The first-order valence-electron chi connectivity index (χ1n) is 5.67. The third-order valence-corrected chi connectivity index (χ3v) is 3.55. The van der Waals surface area contributed by atoms with E-state index in [9.17, 15) is 4.39 Å². The molecule has 0 bridgehead atoms. The van der Waals surface area contributed by atoms with Crippen molar-refractivity contribution in [2.24, 2.45) is 0 Å². The van der Waals surface area contributed by atoms with Gasteiger partial charge in [0.25, 0.3) is 0 Å². The van der Waals surface area contributed by atoms with Crippen LogP contribution in [0.25, 0.3) is 0 Å². The molecule has 2 nitrogen and oxygen atoms in total. The highest BCUT2D eigenvalue weighted by molar-refractivity contribution is 9.10. The van der Waals surface area contributed by atoms with Crippen molar-refractivity contribution in [1.29, 1.82) is 0 Å². The smallest absolute Gasteiger partial charge is 0.129 e. The first-order chi connectivity index (χ1) is 8.97. The van der Waals surface area contributed by atoms with Crippen LogP contribution in [0.1, 0.15) is 5.56 Å². The van der Waals surface area contributed by atoms with Crippen LogP contribution < -0.4 is 10.6 Å². The average molecular weight is 344 g/mol. The van der Waals surface area contributed by atoms with Gasteiger partial charge in [0, 0.05) is 28.7 Å². The number of nitrogens with two attached hydrogens (primary N) is 1. The molecule has 2 rings (SSSR count). The standard InChI is InChI=1S/C14H13BrClFN2/c1-19(14-5-3-10(15)6-13(14)18)8-9-2-4-11(16)7-12(9)17/h2-7H,8,18H2,1H3. The molecule has 0 fully saturated rings. The fourth-order valence-electron chi connectivity index (χ4n) is 1.86. The predicted octanol–water partition coefficient (Wildman–Crippen LogP) is 4.46. The molecule has 2 aromatic carbocycles. The molecular weight excluding hydrogens is 331 g/mol. The summed E-state index contributed by atoms with van der Waals surface area (Å²) in [4.78, 5) is 1.90. The van der Waals surface area contributed by atoms with Gasteiger partial charge in [-0.3, -0.25) is 0 Å². The van der Waals surface area contributed by atoms with Crippen molar-refractivity contribution < 1.29 is 4.39 Å². The zero-order chi connectivity index (χ0) is 14.0. The topological polar surface area (TPSA) is 29.3 Å². The van der Waals surface area contributed by atoms with Gasteiger partial charge in [-0.1, -0.05) is 33.6 Å². The number of nitrogens with zero attached hydrogens (tertiary/aromatic N) is 1. The Morgan fingerprint density at radius 2 is 2.00 bits per heavy atom. The van der Waals surface area contributed by atoms with Gasteiger partial charge in [-0.2, -0.15) is 0 Å². The summed E-state index contributed by atoms with van der Waals surface area (Å²) >= 11 is 9.09. The number of hydrogen-bond acceptors (Lipinski definition) is 2. The third-order valence-electron chi connectivity index (χ3n) is 2.82. The summed E-state index contributed by atoms with van der Waals surface area (Å²) in [6.45, 7) is 0.425. The Labute approximate surface area is 125 Å². The van der Waals surface area contributed by atoms with Gasteiger partial charge in [0.15, 0.2) is 0 Å². The number of benzene rings is 2. The maximum absolute atomic E-state index is 13.7. The number of rotatable bonds is 3. The minimum atomic E-state index is -0.310. The van der Waals surface area contributed by atoms with E-state index in [1.807, 2.05) is 30.1 Å². The van der Waals surface area contributed by atoms with E-state index in [2.05, 4.69) is 15.9 Å². The van der Waals surface area contributed by atoms with E-state index in [4.69, 9.17) is 17.3 Å². The second-order valence-corrected chi connectivity index (χ2v) is 5.65. The molecule has 0 aliphatic rings. The zero-order valence-electron chi connectivity index (χ0n) is 10.3. The van der Waals surface area contributed by atoms with E-state index in [1.54, 1.807) is 12.1 Å². The average Bonchev–Trinajstić information content (AvgIpc) is 2.32. The summed E-state index contributed by atoms with van der Waals surface area (Å²) in [5.41, 5.74) is 8.03. The van der Waals surface area contributed by atoms with Crippen molar-refractivity contribution in [2.45, 2.75) is 6.54 Å². The van der Waals surface area contributed by atoms with E-state index in [1.165, 1.54) is 6.07 Å².